The molecule has 0 bridgehead atoms. The highest BCUT2D eigenvalue weighted by Crippen LogP contribution is 2.11. The third-order valence-electron chi connectivity index (χ3n) is 3.58. The first kappa shape index (κ1) is 16.4. The van der Waals surface area contributed by atoms with Gasteiger partial charge in [-0.3, -0.25) is 14.0 Å². The fraction of sp³-hybridized carbons (Fsp3) is 0.167. The highest BCUT2D eigenvalue weighted by atomic mass is 79.9. The van der Waals surface area contributed by atoms with Crippen molar-refractivity contribution in [3.63, 3.8) is 0 Å². The van der Waals surface area contributed by atoms with Gasteiger partial charge < -0.3 is 4.74 Å². The van der Waals surface area contributed by atoms with E-state index in [2.05, 4.69) is 20.9 Å². The first-order chi connectivity index (χ1) is 11.5. The fourth-order valence-electron chi connectivity index (χ4n) is 2.41. The predicted octanol–water partition coefficient (Wildman–Crippen LogP) is 3.05. The molecule has 0 aliphatic rings. The number of hydrogen-bond acceptors (Lipinski definition) is 4. The summed E-state index contributed by atoms with van der Waals surface area (Å²) in [6.07, 6.45) is 0.180. The monoisotopic (exact) mass is 386 g/mol. The average Bonchev–Trinajstić information content (AvgIpc) is 2.55. The van der Waals surface area contributed by atoms with Crippen molar-refractivity contribution in [1.29, 1.82) is 0 Å². The van der Waals surface area contributed by atoms with Crippen molar-refractivity contribution < 1.29 is 9.53 Å². The number of fused-ring (bicyclic) bond motifs is 1. The zero-order valence-electron chi connectivity index (χ0n) is 13.0. The summed E-state index contributed by atoms with van der Waals surface area (Å²) in [7, 11) is 0. The molecule has 0 aliphatic carbocycles. The summed E-state index contributed by atoms with van der Waals surface area (Å²) in [4.78, 5) is 28.5. The Labute approximate surface area is 147 Å². The van der Waals surface area contributed by atoms with E-state index in [0.29, 0.717) is 11.3 Å². The van der Waals surface area contributed by atoms with Gasteiger partial charge in [0.05, 0.1) is 12.1 Å². The van der Waals surface area contributed by atoms with E-state index in [1.807, 2.05) is 43.3 Å². The first-order valence-electron chi connectivity index (χ1n) is 7.41. The van der Waals surface area contributed by atoms with Crippen molar-refractivity contribution in [1.82, 2.24) is 9.38 Å². The van der Waals surface area contributed by atoms with Crippen molar-refractivity contribution >= 4 is 27.5 Å². The molecular formula is C18H15BrN2O3. The van der Waals surface area contributed by atoms with Crippen molar-refractivity contribution in [2.24, 2.45) is 0 Å². The van der Waals surface area contributed by atoms with Gasteiger partial charge in [0.1, 0.15) is 12.3 Å². The van der Waals surface area contributed by atoms with E-state index in [9.17, 15) is 9.59 Å². The topological polar surface area (TPSA) is 60.7 Å². The lowest BCUT2D eigenvalue weighted by Gasteiger charge is -2.07. The predicted molar refractivity (Wildman–Crippen MR) is 93.8 cm³/mol. The van der Waals surface area contributed by atoms with Crippen LogP contribution in [0.3, 0.4) is 0 Å². The molecule has 0 N–H and O–H groups in total. The summed E-state index contributed by atoms with van der Waals surface area (Å²) in [6.45, 7) is 1.82. The zero-order valence-corrected chi connectivity index (χ0v) is 14.6. The second kappa shape index (κ2) is 6.97. The number of benzene rings is 1. The number of esters is 1. The van der Waals surface area contributed by atoms with E-state index in [-0.39, 0.29) is 24.6 Å². The molecular weight excluding hydrogens is 372 g/mol. The highest BCUT2D eigenvalue weighted by molar-refractivity contribution is 9.10. The number of aryl methyl sites for hydroxylation is 1. The number of ether oxygens (including phenoxy) is 1. The molecule has 0 radical (unpaired) electrons. The lowest BCUT2D eigenvalue weighted by molar-refractivity contribution is -0.144. The summed E-state index contributed by atoms with van der Waals surface area (Å²) in [5.74, 6) is -0.358. The number of pyridine rings is 1. The number of hydrogen-bond donors (Lipinski definition) is 0. The van der Waals surface area contributed by atoms with Gasteiger partial charge >= 0.3 is 5.97 Å². The second-order valence-corrected chi connectivity index (χ2v) is 6.33. The van der Waals surface area contributed by atoms with Crippen molar-refractivity contribution in [2.45, 2.75) is 20.0 Å². The molecule has 3 rings (SSSR count). The van der Waals surface area contributed by atoms with Gasteiger partial charge in [-0.15, -0.1) is 0 Å². The minimum atomic E-state index is -0.358. The Kier molecular flexibility index (Phi) is 4.76. The normalized spacial score (nSPS) is 10.8. The first-order valence-corrected chi connectivity index (χ1v) is 8.20. The Morgan fingerprint density at radius 2 is 1.96 bits per heavy atom. The van der Waals surface area contributed by atoms with Crippen LogP contribution in [0.2, 0.25) is 0 Å². The largest absolute Gasteiger partial charge is 0.459 e. The second-order valence-electron chi connectivity index (χ2n) is 5.41. The van der Waals surface area contributed by atoms with Crippen LogP contribution in [0.25, 0.3) is 5.65 Å². The van der Waals surface area contributed by atoms with E-state index < -0.39 is 0 Å². The van der Waals surface area contributed by atoms with Crippen LogP contribution in [0.4, 0.5) is 0 Å². The number of carbonyl (C=O) groups excluding carboxylic acids is 1. The summed E-state index contributed by atoms with van der Waals surface area (Å²) >= 11 is 3.35. The molecule has 0 fully saturated rings. The molecule has 0 unspecified atom stereocenters. The molecule has 0 spiro atoms. The smallest absolute Gasteiger partial charge is 0.310 e. The maximum Gasteiger partial charge on any atom is 0.310 e. The Morgan fingerprint density at radius 3 is 2.71 bits per heavy atom. The van der Waals surface area contributed by atoms with Crippen LogP contribution in [0, 0.1) is 6.92 Å². The summed E-state index contributed by atoms with van der Waals surface area (Å²) in [5, 5.41) is 0. The van der Waals surface area contributed by atoms with Gasteiger partial charge in [0.15, 0.2) is 0 Å². The minimum Gasteiger partial charge on any atom is -0.459 e. The van der Waals surface area contributed by atoms with Gasteiger partial charge in [-0.25, -0.2) is 4.98 Å². The molecule has 6 heteroatoms. The van der Waals surface area contributed by atoms with Crippen molar-refractivity contribution in [2.75, 3.05) is 0 Å². The molecule has 2 heterocycles. The van der Waals surface area contributed by atoms with E-state index in [0.717, 1.165) is 15.7 Å². The average molecular weight is 387 g/mol. The van der Waals surface area contributed by atoms with Crippen LogP contribution in [0.5, 0.6) is 0 Å². The van der Waals surface area contributed by atoms with Crippen molar-refractivity contribution in [3.05, 3.63) is 80.3 Å². The lowest BCUT2D eigenvalue weighted by Crippen LogP contribution is -2.18. The molecule has 0 amide bonds. The molecule has 0 aliphatic heterocycles. The van der Waals surface area contributed by atoms with Crippen molar-refractivity contribution in [3.8, 4) is 0 Å². The van der Waals surface area contributed by atoms with E-state index in [1.54, 1.807) is 6.07 Å². The molecule has 3 aromatic rings. The quantitative estimate of drug-likeness (QED) is 0.646. The molecule has 1 aromatic carbocycles. The van der Waals surface area contributed by atoms with Crippen LogP contribution >= 0.6 is 15.9 Å². The van der Waals surface area contributed by atoms with Gasteiger partial charge in [-0.1, -0.05) is 34.1 Å². The Morgan fingerprint density at radius 1 is 1.21 bits per heavy atom. The van der Waals surface area contributed by atoms with Gasteiger partial charge in [-0.2, -0.15) is 0 Å². The Bertz CT molecular complexity index is 949. The Balaban J connectivity index is 1.70. The fourth-order valence-corrected chi connectivity index (χ4v) is 2.68. The maximum absolute atomic E-state index is 12.2. The number of nitrogens with zero attached hydrogens (tertiary/aromatic N) is 2. The van der Waals surface area contributed by atoms with Gasteiger partial charge in [0.25, 0.3) is 5.56 Å². The van der Waals surface area contributed by atoms with Crippen LogP contribution in [-0.4, -0.2) is 15.4 Å². The van der Waals surface area contributed by atoms with Gasteiger partial charge in [0.2, 0.25) is 0 Å². The number of carbonyl (C=O) groups is 1. The van der Waals surface area contributed by atoms with Crippen LogP contribution in [0.1, 0.15) is 17.0 Å². The molecule has 2 aromatic heterocycles. The van der Waals surface area contributed by atoms with Crippen LogP contribution in [-0.2, 0) is 22.6 Å². The standard InChI is InChI=1S/C18H15BrN2O3/c1-12-3-2-4-16-20-15(10-17(22)21(12)16)11-24-18(23)9-13-5-7-14(19)8-6-13/h2-8,10H,9,11H2,1H3. The third-order valence-corrected chi connectivity index (χ3v) is 4.10. The molecule has 5 nitrogen and oxygen atoms in total. The molecule has 0 atom stereocenters. The van der Waals surface area contributed by atoms with Gasteiger partial charge in [-0.05, 0) is 36.8 Å². The SMILES string of the molecule is Cc1cccc2nc(COC(=O)Cc3ccc(Br)cc3)cc(=O)n12. The zero-order chi connectivity index (χ0) is 17.1. The van der Waals surface area contributed by atoms with E-state index in [4.69, 9.17) is 4.74 Å². The molecule has 0 saturated carbocycles. The minimum absolute atomic E-state index is 0.0188. The molecule has 24 heavy (non-hydrogen) atoms. The van der Waals surface area contributed by atoms with Gasteiger partial charge in [0, 0.05) is 16.2 Å². The lowest BCUT2D eigenvalue weighted by atomic mass is 10.2. The molecule has 122 valence electrons. The maximum atomic E-state index is 12.2. The van der Waals surface area contributed by atoms with E-state index in [1.165, 1.54) is 10.5 Å². The molecule has 0 saturated heterocycles. The third kappa shape index (κ3) is 3.71. The summed E-state index contributed by atoms with van der Waals surface area (Å²) < 4.78 is 7.71. The summed E-state index contributed by atoms with van der Waals surface area (Å²) in [5.41, 5.74) is 2.47. The number of rotatable bonds is 4. The van der Waals surface area contributed by atoms with Crippen LogP contribution < -0.4 is 5.56 Å². The van der Waals surface area contributed by atoms with Crippen LogP contribution in [0.15, 0.2) is 57.8 Å². The van der Waals surface area contributed by atoms with E-state index >= 15 is 0 Å². The number of aromatic nitrogens is 2. The Hall–Kier alpha value is -2.47. The highest BCUT2D eigenvalue weighted by Gasteiger charge is 2.08. The summed E-state index contributed by atoms with van der Waals surface area (Å²) in [6, 6.07) is 14.3. The number of halogens is 1.